The van der Waals surface area contributed by atoms with E-state index in [9.17, 15) is 9.59 Å². The highest BCUT2D eigenvalue weighted by atomic mass is 16.2. The molecule has 1 fully saturated rings. The third-order valence-electron chi connectivity index (χ3n) is 6.40. The Morgan fingerprint density at radius 3 is 2.71 bits per heavy atom. The third kappa shape index (κ3) is 6.71. The lowest BCUT2D eigenvalue weighted by Crippen LogP contribution is -2.33. The van der Waals surface area contributed by atoms with E-state index in [1.165, 1.54) is 30.4 Å². The number of H-pyrrole nitrogens is 1. The number of benzene rings is 1. The van der Waals surface area contributed by atoms with Crippen molar-refractivity contribution in [1.29, 1.82) is 0 Å². The van der Waals surface area contributed by atoms with Crippen LogP contribution in [0.1, 0.15) is 47.9 Å². The molecule has 3 amide bonds. The van der Waals surface area contributed by atoms with Gasteiger partial charge in [-0.2, -0.15) is 5.10 Å². The number of pyridine rings is 1. The van der Waals surface area contributed by atoms with Crippen molar-refractivity contribution in [1.82, 2.24) is 30.3 Å². The van der Waals surface area contributed by atoms with Gasteiger partial charge in [0.25, 0.3) is 5.91 Å². The van der Waals surface area contributed by atoms with E-state index in [0.29, 0.717) is 22.5 Å². The van der Waals surface area contributed by atoms with Gasteiger partial charge >= 0.3 is 6.03 Å². The predicted molar refractivity (Wildman–Crippen MR) is 151 cm³/mol. The van der Waals surface area contributed by atoms with Crippen LogP contribution in [0.5, 0.6) is 0 Å². The molecule has 3 heterocycles. The number of aromatic nitrogens is 3. The molecule has 198 valence electrons. The summed E-state index contributed by atoms with van der Waals surface area (Å²) in [4.78, 5) is 37.4. The number of hydrogen-bond donors (Lipinski definition) is 3. The minimum absolute atomic E-state index is 0.275. The average molecular weight is 515 g/mol. The average Bonchev–Trinajstić information content (AvgIpc) is 3.33. The van der Waals surface area contributed by atoms with Crippen LogP contribution < -0.4 is 10.6 Å². The molecule has 1 aromatic carbocycles. The van der Waals surface area contributed by atoms with E-state index in [4.69, 9.17) is 0 Å². The molecule has 4 rings (SSSR count). The summed E-state index contributed by atoms with van der Waals surface area (Å²) < 4.78 is 0. The lowest BCUT2D eigenvalue weighted by atomic mass is 10.0. The second-order valence-corrected chi connectivity index (χ2v) is 9.58. The molecule has 3 N–H and O–H groups in total. The fourth-order valence-electron chi connectivity index (χ4n) is 4.37. The largest absolute Gasteiger partial charge is 0.331 e. The number of amides is 3. The first-order chi connectivity index (χ1) is 18.3. The summed E-state index contributed by atoms with van der Waals surface area (Å²) in [5.41, 5.74) is 4.90. The monoisotopic (exact) mass is 514 g/mol. The Hall–Kier alpha value is -4.31. The minimum atomic E-state index is -0.306. The molecule has 0 bridgehead atoms. The summed E-state index contributed by atoms with van der Waals surface area (Å²) in [7, 11) is 3.32. The zero-order chi connectivity index (χ0) is 27.1. The van der Waals surface area contributed by atoms with Crippen LogP contribution in [-0.4, -0.2) is 70.8 Å². The van der Waals surface area contributed by atoms with Crippen LogP contribution in [0, 0.1) is 0 Å². The number of piperidine rings is 1. The van der Waals surface area contributed by atoms with E-state index in [-0.39, 0.29) is 11.9 Å². The Bertz CT molecular complexity index is 1380. The maximum absolute atomic E-state index is 13.2. The van der Waals surface area contributed by atoms with Gasteiger partial charge in [-0.3, -0.25) is 24.8 Å². The number of aliphatic imine (C=N–C) groups is 1. The molecule has 0 saturated carbocycles. The fourth-order valence-corrected chi connectivity index (χ4v) is 4.37. The molecule has 2 aromatic heterocycles. The molecule has 3 aromatic rings. The molecule has 10 nitrogen and oxygen atoms in total. The van der Waals surface area contributed by atoms with Crippen molar-refractivity contribution >= 4 is 40.8 Å². The van der Waals surface area contributed by atoms with Crippen LogP contribution in [0.15, 0.2) is 59.5 Å². The molecule has 0 aliphatic carbocycles. The van der Waals surface area contributed by atoms with Gasteiger partial charge < -0.3 is 15.5 Å². The topological polar surface area (TPSA) is 119 Å². The van der Waals surface area contributed by atoms with E-state index in [1.54, 1.807) is 32.4 Å². The van der Waals surface area contributed by atoms with Gasteiger partial charge in [-0.1, -0.05) is 12.5 Å². The SMILES string of the molecule is C=N/C=C(\C=C(/C)c1ccc2[nH]nc(C(=O)Nc3ccnc(CN4CCCCC4)c3)c2c1)NC(=O)N(C)C. The Kier molecular flexibility index (Phi) is 8.65. The Balaban J connectivity index is 1.53. The predicted octanol–water partition coefficient (Wildman–Crippen LogP) is 4.41. The maximum Gasteiger partial charge on any atom is 0.321 e. The molecule has 0 atom stereocenters. The van der Waals surface area contributed by atoms with Crippen molar-refractivity contribution in [3.8, 4) is 0 Å². The highest BCUT2D eigenvalue weighted by Crippen LogP contribution is 2.24. The van der Waals surface area contributed by atoms with Crippen LogP contribution in [0.25, 0.3) is 16.5 Å². The smallest absolute Gasteiger partial charge is 0.321 e. The summed E-state index contributed by atoms with van der Waals surface area (Å²) in [5, 5.41) is 13.7. The van der Waals surface area contributed by atoms with Crippen LogP contribution >= 0.6 is 0 Å². The van der Waals surface area contributed by atoms with E-state index < -0.39 is 0 Å². The number of hydrogen-bond acceptors (Lipinski definition) is 6. The van der Waals surface area contributed by atoms with Crippen molar-refractivity contribution < 1.29 is 9.59 Å². The number of urea groups is 1. The van der Waals surface area contributed by atoms with Gasteiger partial charge in [-0.15, -0.1) is 0 Å². The van der Waals surface area contributed by atoms with Gasteiger partial charge in [-0.25, -0.2) is 4.79 Å². The minimum Gasteiger partial charge on any atom is -0.331 e. The van der Waals surface area contributed by atoms with E-state index in [2.05, 4.69) is 42.4 Å². The van der Waals surface area contributed by atoms with Gasteiger partial charge in [0.05, 0.1) is 16.9 Å². The molecule has 0 spiro atoms. The summed E-state index contributed by atoms with van der Waals surface area (Å²) in [5.74, 6) is -0.306. The molecule has 38 heavy (non-hydrogen) atoms. The second-order valence-electron chi connectivity index (χ2n) is 9.58. The Morgan fingerprint density at radius 1 is 1.18 bits per heavy atom. The van der Waals surface area contributed by atoms with Crippen LogP contribution in [0.3, 0.4) is 0 Å². The molecule has 1 saturated heterocycles. The quantitative estimate of drug-likeness (QED) is 0.304. The summed E-state index contributed by atoms with van der Waals surface area (Å²) in [6.45, 7) is 8.34. The first kappa shape index (κ1) is 26.7. The van der Waals surface area contributed by atoms with E-state index in [1.807, 2.05) is 31.2 Å². The molecular weight excluding hydrogens is 480 g/mol. The van der Waals surface area contributed by atoms with Crippen molar-refractivity contribution in [3.63, 3.8) is 0 Å². The van der Waals surface area contributed by atoms with Gasteiger partial charge in [0, 0.05) is 44.1 Å². The maximum atomic E-state index is 13.2. The standard InChI is InChI=1S/C28H34N8O2/c1-19(14-22(17-29-2)32-28(38)35(3)4)20-8-9-25-24(15-20)26(34-33-25)27(37)31-21-10-11-30-23(16-21)18-36-12-6-5-7-13-36/h8-11,14-17H,2,5-7,12-13,18H2,1,3-4H3,(H,32,38)(H,33,34)(H,30,31,37)/b19-14+,22-17+. The number of nitrogens with one attached hydrogen (secondary N) is 3. The Morgan fingerprint density at radius 2 is 1.97 bits per heavy atom. The highest BCUT2D eigenvalue weighted by Gasteiger charge is 2.17. The van der Waals surface area contributed by atoms with Crippen LogP contribution in [0.2, 0.25) is 0 Å². The Labute approximate surface area is 222 Å². The van der Waals surface area contributed by atoms with Crippen molar-refractivity contribution in [2.24, 2.45) is 4.99 Å². The lowest BCUT2D eigenvalue weighted by Gasteiger charge is -2.26. The van der Waals surface area contributed by atoms with Gasteiger partial charge in [0.15, 0.2) is 5.69 Å². The van der Waals surface area contributed by atoms with Crippen LogP contribution in [0.4, 0.5) is 10.5 Å². The number of likely N-dealkylation sites (tertiary alicyclic amines) is 1. The number of carbonyl (C=O) groups excluding carboxylic acids is 2. The summed E-state index contributed by atoms with van der Waals surface area (Å²) in [6.07, 6.45) is 8.72. The van der Waals surface area contributed by atoms with E-state index in [0.717, 1.165) is 42.0 Å². The number of aromatic amines is 1. The highest BCUT2D eigenvalue weighted by molar-refractivity contribution is 6.11. The first-order valence-corrected chi connectivity index (χ1v) is 12.6. The normalized spacial score (nSPS) is 14.8. The van der Waals surface area contributed by atoms with Crippen molar-refractivity contribution in [2.75, 3.05) is 32.5 Å². The summed E-state index contributed by atoms with van der Waals surface area (Å²) >= 11 is 0. The van der Waals surface area contributed by atoms with Gasteiger partial charge in [0.1, 0.15) is 0 Å². The molecule has 0 radical (unpaired) electrons. The van der Waals surface area contributed by atoms with Crippen molar-refractivity contribution in [2.45, 2.75) is 32.7 Å². The number of anilines is 1. The molecule has 1 aliphatic heterocycles. The second kappa shape index (κ2) is 12.3. The first-order valence-electron chi connectivity index (χ1n) is 12.6. The number of nitrogens with zero attached hydrogens (tertiary/aromatic N) is 5. The number of rotatable bonds is 8. The number of carbonyl (C=O) groups is 2. The molecule has 1 aliphatic rings. The molecular formula is C28H34N8O2. The summed E-state index contributed by atoms with van der Waals surface area (Å²) in [6, 6.07) is 9.14. The third-order valence-corrected chi connectivity index (χ3v) is 6.40. The lowest BCUT2D eigenvalue weighted by molar-refractivity contribution is 0.102. The van der Waals surface area contributed by atoms with Gasteiger partial charge in [-0.05, 0) is 81.1 Å². The van der Waals surface area contributed by atoms with Crippen molar-refractivity contribution in [3.05, 3.63) is 71.5 Å². The number of allylic oxidation sites excluding steroid dienone is 2. The van der Waals surface area contributed by atoms with Crippen LogP contribution in [-0.2, 0) is 6.54 Å². The van der Waals surface area contributed by atoms with E-state index >= 15 is 0 Å². The molecule has 0 unspecified atom stereocenters. The zero-order valence-corrected chi connectivity index (χ0v) is 22.1. The number of fused-ring (bicyclic) bond motifs is 1. The zero-order valence-electron chi connectivity index (χ0n) is 22.1. The fraction of sp³-hybridized carbons (Fsp3) is 0.321. The van der Waals surface area contributed by atoms with Gasteiger partial charge in [0.2, 0.25) is 0 Å². The molecule has 10 heteroatoms.